The van der Waals surface area contributed by atoms with Crippen LogP contribution in [0.4, 0.5) is 22.0 Å². The number of Topliss-reactive ketones (excluding diaryl/α,β-unsaturated/α-hetero) is 1. The van der Waals surface area contributed by atoms with E-state index in [-0.39, 0.29) is 28.4 Å². The van der Waals surface area contributed by atoms with Gasteiger partial charge in [-0.15, -0.1) is 0 Å². The van der Waals surface area contributed by atoms with Crippen molar-refractivity contribution >= 4 is 17.8 Å². The average Bonchev–Trinajstić information content (AvgIpc) is 3.28. The molecule has 0 bridgehead atoms. The van der Waals surface area contributed by atoms with E-state index < -0.39 is 52.7 Å². The van der Waals surface area contributed by atoms with Gasteiger partial charge in [0.2, 0.25) is 40.6 Å². The molecule has 0 saturated heterocycles. The molecule has 0 spiro atoms. The number of ether oxygens (including phenoxy) is 6. The maximum absolute atomic E-state index is 13.9. The molecule has 0 saturated carbocycles. The molecule has 8 nitrogen and oxygen atoms in total. The van der Waals surface area contributed by atoms with Crippen LogP contribution in [0.1, 0.15) is 28.4 Å². The zero-order valence-corrected chi connectivity index (χ0v) is 22.1. The number of benzene rings is 3. The van der Waals surface area contributed by atoms with Gasteiger partial charge in [-0.05, 0) is 49.8 Å². The van der Waals surface area contributed by atoms with E-state index in [1.54, 1.807) is 12.1 Å². The molecule has 0 aliphatic carbocycles. The van der Waals surface area contributed by atoms with Crippen molar-refractivity contribution in [3.63, 3.8) is 0 Å². The van der Waals surface area contributed by atoms with Crippen molar-refractivity contribution in [2.24, 2.45) is 0 Å². The largest absolute Gasteiger partial charge is 0.493 e. The fraction of sp³-hybridized carbons (Fsp3) is 0.214. The number of ketones is 1. The van der Waals surface area contributed by atoms with Crippen LogP contribution in [0.15, 0.2) is 30.0 Å². The molecule has 0 N–H and O–H groups in total. The van der Waals surface area contributed by atoms with Gasteiger partial charge in [-0.2, -0.15) is 8.78 Å². The van der Waals surface area contributed by atoms with E-state index in [1.165, 1.54) is 46.5 Å². The first-order chi connectivity index (χ1) is 19.4. The minimum Gasteiger partial charge on any atom is -0.493 e. The molecule has 41 heavy (non-hydrogen) atoms. The number of hydrogen-bond acceptors (Lipinski definition) is 8. The Hall–Kier alpha value is -4.81. The van der Waals surface area contributed by atoms with E-state index in [4.69, 9.17) is 28.4 Å². The predicted octanol–water partition coefficient (Wildman–Crippen LogP) is 5.71. The maximum Gasteiger partial charge on any atom is 0.352 e. The molecule has 216 valence electrons. The van der Waals surface area contributed by atoms with Gasteiger partial charge in [0.05, 0.1) is 26.9 Å². The van der Waals surface area contributed by atoms with Crippen molar-refractivity contribution in [1.29, 1.82) is 0 Å². The first kappa shape index (κ1) is 29.2. The van der Waals surface area contributed by atoms with Crippen LogP contribution in [0.2, 0.25) is 0 Å². The third-order valence-corrected chi connectivity index (χ3v) is 6.03. The van der Waals surface area contributed by atoms with Crippen molar-refractivity contribution < 1.29 is 60.0 Å². The van der Waals surface area contributed by atoms with Gasteiger partial charge in [0.15, 0.2) is 29.1 Å². The van der Waals surface area contributed by atoms with Gasteiger partial charge in [0, 0.05) is 5.56 Å². The van der Waals surface area contributed by atoms with E-state index in [0.29, 0.717) is 22.8 Å². The summed E-state index contributed by atoms with van der Waals surface area (Å²) in [6.45, 7) is 2.47. The van der Waals surface area contributed by atoms with Gasteiger partial charge in [-0.25, -0.2) is 18.0 Å². The molecule has 1 aliphatic rings. The Bertz CT molecular complexity index is 1550. The maximum atomic E-state index is 13.9. The Balaban J connectivity index is 1.57. The van der Waals surface area contributed by atoms with Gasteiger partial charge in [-0.1, -0.05) is 0 Å². The summed E-state index contributed by atoms with van der Waals surface area (Å²) in [5.41, 5.74) is 0.853. The van der Waals surface area contributed by atoms with Crippen LogP contribution in [-0.2, 0) is 4.79 Å². The first-order valence-electron chi connectivity index (χ1n) is 11.7. The third kappa shape index (κ3) is 5.22. The zero-order valence-electron chi connectivity index (χ0n) is 22.1. The smallest absolute Gasteiger partial charge is 0.352 e. The Morgan fingerprint density at radius 2 is 1.39 bits per heavy atom. The summed E-state index contributed by atoms with van der Waals surface area (Å²) < 4.78 is 99.7. The number of rotatable bonds is 8. The molecular formula is C28H21F5O8. The molecular weight excluding hydrogens is 559 g/mol. The van der Waals surface area contributed by atoms with E-state index in [2.05, 4.69) is 0 Å². The van der Waals surface area contributed by atoms with Crippen molar-refractivity contribution in [2.45, 2.75) is 20.0 Å². The Morgan fingerprint density at radius 3 is 1.93 bits per heavy atom. The quantitative estimate of drug-likeness (QED) is 0.0837. The summed E-state index contributed by atoms with van der Waals surface area (Å²) in [6.07, 6.45) is -0.355. The minimum absolute atomic E-state index is 0.0659. The van der Waals surface area contributed by atoms with E-state index in [1.807, 2.05) is 0 Å². The summed E-state index contributed by atoms with van der Waals surface area (Å²) in [4.78, 5) is 25.6. The molecule has 1 unspecified atom stereocenters. The number of fused-ring (bicyclic) bond motifs is 1. The molecule has 3 aromatic rings. The summed E-state index contributed by atoms with van der Waals surface area (Å²) >= 11 is 0. The summed E-state index contributed by atoms with van der Waals surface area (Å²) in [7, 11) is 4.31. The lowest BCUT2D eigenvalue weighted by molar-refractivity contribution is -0.141. The molecule has 0 fully saturated rings. The lowest BCUT2D eigenvalue weighted by Crippen LogP contribution is -2.29. The summed E-state index contributed by atoms with van der Waals surface area (Å²) in [6, 6.07) is 5.81. The van der Waals surface area contributed by atoms with Gasteiger partial charge < -0.3 is 28.4 Å². The molecule has 1 atom stereocenters. The van der Waals surface area contributed by atoms with Crippen LogP contribution in [0, 0.1) is 36.0 Å². The lowest BCUT2D eigenvalue weighted by Gasteiger charge is -2.16. The van der Waals surface area contributed by atoms with Crippen LogP contribution < -0.4 is 28.4 Å². The van der Waals surface area contributed by atoms with E-state index in [0.717, 1.165) is 6.92 Å². The lowest BCUT2D eigenvalue weighted by atomic mass is 10.1. The Labute approximate surface area is 229 Å². The van der Waals surface area contributed by atoms with Crippen LogP contribution in [0.25, 0.3) is 6.08 Å². The van der Waals surface area contributed by atoms with Gasteiger partial charge >= 0.3 is 5.97 Å². The highest BCUT2D eigenvalue weighted by molar-refractivity contribution is 6.15. The van der Waals surface area contributed by atoms with E-state index in [9.17, 15) is 31.5 Å². The molecule has 3 aromatic carbocycles. The topological polar surface area (TPSA) is 89.5 Å². The minimum atomic E-state index is -2.37. The Kier molecular flexibility index (Phi) is 8.08. The number of hydrogen-bond donors (Lipinski definition) is 0. The van der Waals surface area contributed by atoms with Crippen molar-refractivity contribution in [2.75, 3.05) is 21.3 Å². The average molecular weight is 580 g/mol. The van der Waals surface area contributed by atoms with Gasteiger partial charge in [-0.3, -0.25) is 4.79 Å². The SMILES string of the molecule is COc1cc(/C=C2\Oc3c(ccc(OC(=O)C(C)Oc4c(F)c(F)c(F)c(F)c4F)c3C)C2=O)cc(OC)c1OC. The second-order valence-electron chi connectivity index (χ2n) is 8.54. The highest BCUT2D eigenvalue weighted by Crippen LogP contribution is 2.42. The molecule has 0 amide bonds. The fourth-order valence-electron chi connectivity index (χ4n) is 3.92. The highest BCUT2D eigenvalue weighted by Gasteiger charge is 2.33. The number of allylic oxidation sites excluding steroid dienone is 1. The van der Waals surface area contributed by atoms with Crippen LogP contribution in [-0.4, -0.2) is 39.2 Å². The molecule has 13 heteroatoms. The monoisotopic (exact) mass is 580 g/mol. The van der Waals surface area contributed by atoms with Crippen LogP contribution >= 0.6 is 0 Å². The standard InChI is InChI=1S/C28H21F5O8/c1-11-15(41-28(35)12(2)39-27-22(32)20(30)19(29)21(31)23(27)33)7-6-14-24(34)16(40-25(11)14)8-13-9-17(36-3)26(38-5)18(10-13)37-4/h6-10,12H,1-5H3/b16-8-. The van der Waals surface area contributed by atoms with Crippen LogP contribution in [0.3, 0.4) is 0 Å². The summed E-state index contributed by atoms with van der Waals surface area (Å²) in [5, 5.41) is 0. The van der Waals surface area contributed by atoms with Crippen molar-refractivity contribution in [3.8, 4) is 34.5 Å². The van der Waals surface area contributed by atoms with E-state index >= 15 is 0 Å². The molecule has 0 aromatic heterocycles. The molecule has 1 heterocycles. The first-order valence-corrected chi connectivity index (χ1v) is 11.7. The fourth-order valence-corrected chi connectivity index (χ4v) is 3.92. The molecule has 1 aliphatic heterocycles. The zero-order chi connectivity index (χ0) is 30.2. The number of carbonyl (C=O) groups excluding carboxylic acids is 2. The van der Waals surface area contributed by atoms with Crippen molar-refractivity contribution in [3.05, 3.63) is 75.8 Å². The van der Waals surface area contributed by atoms with Gasteiger partial charge in [0.1, 0.15) is 11.5 Å². The normalized spacial score (nSPS) is 13.9. The van der Waals surface area contributed by atoms with Crippen molar-refractivity contribution in [1.82, 2.24) is 0 Å². The molecule has 0 radical (unpaired) electrons. The second-order valence-corrected chi connectivity index (χ2v) is 8.54. The second kappa shape index (κ2) is 11.4. The highest BCUT2D eigenvalue weighted by atomic mass is 19.2. The number of carbonyl (C=O) groups is 2. The molecule has 4 rings (SSSR count). The number of halogens is 5. The number of esters is 1. The summed E-state index contributed by atoms with van der Waals surface area (Å²) in [5.74, 6) is -13.7. The van der Waals surface area contributed by atoms with Crippen LogP contribution in [0.5, 0.6) is 34.5 Å². The van der Waals surface area contributed by atoms with Gasteiger partial charge in [0.25, 0.3) is 0 Å². The number of methoxy groups -OCH3 is 3. The third-order valence-electron chi connectivity index (χ3n) is 6.03. The Morgan fingerprint density at radius 1 is 0.829 bits per heavy atom. The predicted molar refractivity (Wildman–Crippen MR) is 132 cm³/mol.